The first kappa shape index (κ1) is 21.7. The summed E-state index contributed by atoms with van der Waals surface area (Å²) in [7, 11) is 1.81. The number of nitrogens with one attached hydrogen (secondary N) is 1. The van der Waals surface area contributed by atoms with E-state index in [1.807, 2.05) is 7.05 Å². The van der Waals surface area contributed by atoms with Crippen molar-refractivity contribution in [3.05, 3.63) is 106 Å². The number of hydrogen-bond donors (Lipinski definition) is 1. The molecule has 0 fully saturated rings. The van der Waals surface area contributed by atoms with E-state index in [1.165, 1.54) is 47.0 Å². The van der Waals surface area contributed by atoms with Gasteiger partial charge in [0.25, 0.3) is 11.6 Å². The van der Waals surface area contributed by atoms with Crippen LogP contribution in [-0.2, 0) is 7.05 Å². The van der Waals surface area contributed by atoms with Gasteiger partial charge in [0.15, 0.2) is 5.16 Å². The van der Waals surface area contributed by atoms with Gasteiger partial charge in [-0.15, -0.1) is 0 Å². The monoisotopic (exact) mass is 475 g/mol. The number of para-hydroxylation sites is 1. The van der Waals surface area contributed by atoms with Gasteiger partial charge in [-0.25, -0.2) is 9.37 Å². The predicted octanol–water partition coefficient (Wildman–Crippen LogP) is 5.39. The molecule has 1 aliphatic heterocycles. The highest BCUT2D eigenvalue weighted by molar-refractivity contribution is 7.99. The van der Waals surface area contributed by atoms with E-state index in [4.69, 9.17) is 0 Å². The van der Waals surface area contributed by atoms with Gasteiger partial charge in [-0.05, 0) is 54.2 Å². The molecule has 10 heteroatoms. The zero-order valence-electron chi connectivity index (χ0n) is 17.9. The van der Waals surface area contributed by atoms with Crippen LogP contribution in [0.2, 0.25) is 0 Å². The first-order valence-corrected chi connectivity index (χ1v) is 11.1. The fourth-order valence-electron chi connectivity index (χ4n) is 3.84. The topological polar surface area (TPSA) is 93.3 Å². The van der Waals surface area contributed by atoms with E-state index in [2.05, 4.69) is 10.3 Å². The normalized spacial score (nSPS) is 15.1. The SMILES string of the molecule is Cn1ccnc1Sc1ccc([C@H]2Nc3ccccc3C(=O)N2c2ccc(F)cc2)cc1[N+](=O)[O-]. The molecule has 0 aliphatic carbocycles. The van der Waals surface area contributed by atoms with Crippen molar-refractivity contribution in [2.24, 2.45) is 7.05 Å². The van der Waals surface area contributed by atoms with Gasteiger partial charge in [-0.1, -0.05) is 18.2 Å². The summed E-state index contributed by atoms with van der Waals surface area (Å²) in [6, 6.07) is 17.5. The number of amides is 1. The fourth-order valence-corrected chi connectivity index (χ4v) is 4.73. The Morgan fingerprint density at radius 2 is 1.88 bits per heavy atom. The Morgan fingerprint density at radius 3 is 2.59 bits per heavy atom. The Kier molecular flexibility index (Phi) is 5.50. The summed E-state index contributed by atoms with van der Waals surface area (Å²) in [5.74, 6) is -0.718. The summed E-state index contributed by atoms with van der Waals surface area (Å²) >= 11 is 1.19. The zero-order chi connectivity index (χ0) is 23.8. The Morgan fingerprint density at radius 1 is 1.12 bits per heavy atom. The van der Waals surface area contributed by atoms with Crippen LogP contribution in [0.4, 0.5) is 21.5 Å². The number of hydrogen-bond acceptors (Lipinski definition) is 6. The van der Waals surface area contributed by atoms with E-state index in [0.29, 0.717) is 32.6 Å². The first-order chi connectivity index (χ1) is 16.4. The maximum Gasteiger partial charge on any atom is 0.283 e. The van der Waals surface area contributed by atoms with Gasteiger partial charge in [-0.2, -0.15) is 0 Å². The van der Waals surface area contributed by atoms with Crippen molar-refractivity contribution < 1.29 is 14.1 Å². The fraction of sp³-hybridized carbons (Fsp3) is 0.0833. The minimum absolute atomic E-state index is 0.0994. The lowest BCUT2D eigenvalue weighted by molar-refractivity contribution is -0.387. The summed E-state index contributed by atoms with van der Waals surface area (Å²) in [5.41, 5.74) is 1.96. The lowest BCUT2D eigenvalue weighted by Gasteiger charge is -2.38. The molecule has 1 atom stereocenters. The first-order valence-electron chi connectivity index (χ1n) is 10.3. The van der Waals surface area contributed by atoms with Gasteiger partial charge in [-0.3, -0.25) is 19.8 Å². The predicted molar refractivity (Wildman–Crippen MR) is 126 cm³/mol. The number of halogens is 1. The molecule has 0 unspecified atom stereocenters. The van der Waals surface area contributed by atoms with Crippen molar-refractivity contribution in [3.63, 3.8) is 0 Å². The molecule has 34 heavy (non-hydrogen) atoms. The third-order valence-corrected chi connectivity index (χ3v) is 6.65. The number of carbonyl (C=O) groups excluding carboxylic acids is 1. The van der Waals surface area contributed by atoms with Crippen LogP contribution in [0.5, 0.6) is 0 Å². The molecule has 0 saturated heterocycles. The zero-order valence-corrected chi connectivity index (χ0v) is 18.7. The quantitative estimate of drug-likeness (QED) is 0.307. The van der Waals surface area contributed by atoms with Gasteiger partial charge in [0, 0.05) is 42.4 Å². The van der Waals surface area contributed by atoms with Crippen molar-refractivity contribution >= 4 is 34.7 Å². The van der Waals surface area contributed by atoms with Gasteiger partial charge in [0.2, 0.25) is 0 Å². The number of fused-ring (bicyclic) bond motifs is 1. The number of rotatable bonds is 5. The maximum atomic E-state index is 13.6. The number of nitrogens with zero attached hydrogens (tertiary/aromatic N) is 4. The van der Waals surface area contributed by atoms with Gasteiger partial charge in [0.05, 0.1) is 15.4 Å². The van der Waals surface area contributed by atoms with Crippen molar-refractivity contribution in [2.75, 3.05) is 10.2 Å². The average molecular weight is 476 g/mol. The standard InChI is InChI=1S/C24H18FN5O3S/c1-28-13-12-26-24(28)34-21-11-6-15(14-20(21)30(32)33)22-27-19-5-3-2-4-18(19)23(31)29(22)17-9-7-16(25)8-10-17/h2-14,22,27H,1H3/t22-/m0/s1. The second-order valence-corrected chi connectivity index (χ2v) is 8.66. The molecule has 1 amide bonds. The largest absolute Gasteiger partial charge is 0.360 e. The van der Waals surface area contributed by atoms with E-state index in [0.717, 1.165) is 0 Å². The third kappa shape index (κ3) is 3.88. The number of nitro benzene ring substituents is 1. The Labute approximate surface area is 198 Å². The molecule has 0 spiro atoms. The average Bonchev–Trinajstić information content (AvgIpc) is 3.24. The molecule has 8 nitrogen and oxygen atoms in total. The molecule has 1 aromatic heterocycles. The lowest BCUT2D eigenvalue weighted by atomic mass is 10.0. The van der Waals surface area contributed by atoms with Crippen molar-refractivity contribution in [2.45, 2.75) is 16.2 Å². The number of benzene rings is 3. The van der Waals surface area contributed by atoms with Crippen LogP contribution in [-0.4, -0.2) is 20.4 Å². The third-order valence-electron chi connectivity index (χ3n) is 5.51. The summed E-state index contributed by atoms with van der Waals surface area (Å²) in [6.45, 7) is 0. The summed E-state index contributed by atoms with van der Waals surface area (Å²) < 4.78 is 15.4. The van der Waals surface area contributed by atoms with Crippen LogP contribution in [0.15, 0.2) is 89.2 Å². The molecular formula is C24H18FN5O3S. The molecule has 5 rings (SSSR count). The number of aryl methyl sites for hydroxylation is 1. The highest BCUT2D eigenvalue weighted by atomic mass is 32.2. The number of carbonyl (C=O) groups is 1. The van der Waals surface area contributed by atoms with Gasteiger partial charge >= 0.3 is 0 Å². The van der Waals surface area contributed by atoms with Crippen LogP contribution >= 0.6 is 11.8 Å². The highest BCUT2D eigenvalue weighted by Gasteiger charge is 2.35. The van der Waals surface area contributed by atoms with Crippen LogP contribution in [0.25, 0.3) is 0 Å². The molecular weight excluding hydrogens is 457 g/mol. The minimum atomic E-state index is -0.737. The van der Waals surface area contributed by atoms with Crippen LogP contribution in [0.3, 0.4) is 0 Å². The van der Waals surface area contributed by atoms with E-state index >= 15 is 0 Å². The molecule has 0 radical (unpaired) electrons. The highest BCUT2D eigenvalue weighted by Crippen LogP contribution is 2.40. The van der Waals surface area contributed by atoms with Crippen LogP contribution in [0.1, 0.15) is 22.1 Å². The molecule has 0 saturated carbocycles. The molecule has 170 valence electrons. The molecule has 3 aromatic carbocycles. The molecule has 1 aliphatic rings. The van der Waals surface area contributed by atoms with Crippen LogP contribution in [0, 0.1) is 15.9 Å². The summed E-state index contributed by atoms with van der Waals surface area (Å²) in [6.07, 6.45) is 2.65. The maximum absolute atomic E-state index is 13.6. The molecule has 2 heterocycles. The summed E-state index contributed by atoms with van der Waals surface area (Å²) in [4.78, 5) is 31.1. The molecule has 4 aromatic rings. The number of aromatic nitrogens is 2. The molecule has 1 N–H and O–H groups in total. The Balaban J connectivity index is 1.60. The van der Waals surface area contributed by atoms with Crippen LogP contribution < -0.4 is 10.2 Å². The Bertz CT molecular complexity index is 1410. The molecule has 0 bridgehead atoms. The van der Waals surface area contributed by atoms with Crippen molar-refractivity contribution in [1.29, 1.82) is 0 Å². The van der Waals surface area contributed by atoms with E-state index < -0.39 is 16.9 Å². The number of nitro groups is 1. The van der Waals surface area contributed by atoms with E-state index in [-0.39, 0.29) is 11.6 Å². The Hall–Kier alpha value is -4.18. The van der Waals surface area contributed by atoms with Gasteiger partial charge < -0.3 is 9.88 Å². The second-order valence-electron chi connectivity index (χ2n) is 7.65. The summed E-state index contributed by atoms with van der Waals surface area (Å²) in [5, 5.41) is 15.9. The smallest absolute Gasteiger partial charge is 0.283 e. The van der Waals surface area contributed by atoms with Crippen molar-refractivity contribution in [1.82, 2.24) is 9.55 Å². The number of anilines is 2. The van der Waals surface area contributed by atoms with Crippen molar-refractivity contribution in [3.8, 4) is 0 Å². The van der Waals surface area contributed by atoms with E-state index in [1.54, 1.807) is 53.4 Å². The lowest BCUT2D eigenvalue weighted by Crippen LogP contribution is -2.43. The minimum Gasteiger partial charge on any atom is -0.360 e. The second kappa shape index (κ2) is 8.64. The number of imidazole rings is 1. The van der Waals surface area contributed by atoms with E-state index in [9.17, 15) is 19.3 Å². The van der Waals surface area contributed by atoms with Gasteiger partial charge in [0.1, 0.15) is 12.0 Å².